The largest absolute Gasteiger partial charge is 0.373 e. The summed E-state index contributed by atoms with van der Waals surface area (Å²) in [6, 6.07) is 0. The minimum absolute atomic E-state index is 0.646. The normalized spacial score (nSPS) is 16.3. The maximum Gasteiger partial charge on any atom is 0.0810 e. The Kier molecular flexibility index (Phi) is 17.8. The Balaban J connectivity index is 1.63. The van der Waals surface area contributed by atoms with Gasteiger partial charge in [-0.25, -0.2) is 0 Å². The predicted octanol–water partition coefficient (Wildman–Crippen LogP) is 7.75. The summed E-state index contributed by atoms with van der Waals surface area (Å²) < 4.78 is 5.25. The molecule has 1 saturated heterocycles. The average Bonchev–Trinajstić information content (AvgIpc) is 3.51. The molecule has 0 spiro atoms. The van der Waals surface area contributed by atoms with Crippen LogP contribution in [0.2, 0.25) is 0 Å². The third-order valence-electron chi connectivity index (χ3n) is 6.30. The van der Waals surface area contributed by atoms with Crippen LogP contribution >= 0.6 is 0 Å². The van der Waals surface area contributed by atoms with Gasteiger partial charge in [0.1, 0.15) is 0 Å². The first-order valence-corrected chi connectivity index (χ1v) is 12.7. The van der Waals surface area contributed by atoms with Crippen molar-refractivity contribution in [1.29, 1.82) is 0 Å². The fourth-order valence-corrected chi connectivity index (χ4v) is 4.13. The van der Waals surface area contributed by atoms with E-state index in [2.05, 4.69) is 18.7 Å². The molecule has 1 atom stereocenters. The Labute approximate surface area is 171 Å². The molecule has 0 radical (unpaired) electrons. The van der Waals surface area contributed by atoms with Crippen LogP contribution in [0.25, 0.3) is 0 Å². The van der Waals surface area contributed by atoms with Crippen molar-refractivity contribution in [3.63, 3.8) is 0 Å². The van der Waals surface area contributed by atoms with Crippen molar-refractivity contribution >= 4 is 0 Å². The number of epoxide rings is 1. The van der Waals surface area contributed by atoms with Crippen LogP contribution in [0.15, 0.2) is 0 Å². The molecule has 0 aromatic carbocycles. The zero-order valence-corrected chi connectivity index (χ0v) is 19.0. The monoisotopic (exact) mass is 381 g/mol. The lowest BCUT2D eigenvalue weighted by Crippen LogP contribution is -2.23. The van der Waals surface area contributed by atoms with Gasteiger partial charge in [-0.15, -0.1) is 0 Å². The molecule has 2 nitrogen and oxygen atoms in total. The Morgan fingerprint density at radius 1 is 0.556 bits per heavy atom. The number of hydrogen-bond acceptors (Lipinski definition) is 2. The first-order valence-electron chi connectivity index (χ1n) is 12.7. The average molecular weight is 382 g/mol. The summed E-state index contributed by atoms with van der Waals surface area (Å²) in [7, 11) is 0. The van der Waals surface area contributed by atoms with E-state index in [1.807, 2.05) is 0 Å². The molecule has 1 heterocycles. The summed E-state index contributed by atoms with van der Waals surface area (Å²) in [4.78, 5) is 2.55. The number of unbranched alkanes of at least 4 members (excludes halogenated alkanes) is 16. The van der Waals surface area contributed by atoms with Crippen LogP contribution in [0.5, 0.6) is 0 Å². The second kappa shape index (κ2) is 19.2. The molecular formula is C25H51NO. The zero-order chi connectivity index (χ0) is 19.4. The number of ether oxygens (including phenoxy) is 1. The second-order valence-electron chi connectivity index (χ2n) is 8.78. The van der Waals surface area contributed by atoms with E-state index in [1.54, 1.807) is 0 Å². The van der Waals surface area contributed by atoms with E-state index in [9.17, 15) is 0 Å². The van der Waals surface area contributed by atoms with Gasteiger partial charge in [0.25, 0.3) is 0 Å². The molecule has 1 aliphatic heterocycles. The van der Waals surface area contributed by atoms with E-state index >= 15 is 0 Å². The molecule has 1 rings (SSSR count). The number of hydrogen-bond donors (Lipinski definition) is 0. The van der Waals surface area contributed by atoms with Crippen molar-refractivity contribution in [1.82, 2.24) is 4.90 Å². The standard InChI is InChI=1S/C25H51NO/c1-3-26(4-2)23-21-19-17-15-13-11-9-7-5-6-8-10-12-14-16-18-20-22-25-24-27-25/h25H,3-24H2,1-2H3. The molecular weight excluding hydrogens is 330 g/mol. The van der Waals surface area contributed by atoms with Gasteiger partial charge in [-0.1, -0.05) is 117 Å². The SMILES string of the molecule is CCN(CC)CCCCCCCCCCCCCCCCCCCC1CO1. The van der Waals surface area contributed by atoms with Gasteiger partial charge in [-0.2, -0.15) is 0 Å². The fourth-order valence-electron chi connectivity index (χ4n) is 4.13. The van der Waals surface area contributed by atoms with Crippen molar-refractivity contribution in [3.05, 3.63) is 0 Å². The quantitative estimate of drug-likeness (QED) is 0.141. The molecule has 0 saturated carbocycles. The summed E-state index contributed by atoms with van der Waals surface area (Å²) >= 11 is 0. The minimum Gasteiger partial charge on any atom is -0.373 e. The van der Waals surface area contributed by atoms with E-state index in [4.69, 9.17) is 4.74 Å². The maximum absolute atomic E-state index is 5.25. The molecule has 1 unspecified atom stereocenters. The van der Waals surface area contributed by atoms with Gasteiger partial charge in [0, 0.05) is 0 Å². The highest BCUT2D eigenvalue weighted by Gasteiger charge is 2.20. The van der Waals surface area contributed by atoms with Gasteiger partial charge in [-0.05, 0) is 32.5 Å². The molecule has 2 heteroatoms. The lowest BCUT2D eigenvalue weighted by atomic mass is 10.0. The smallest absolute Gasteiger partial charge is 0.0810 e. The number of nitrogens with zero attached hydrogens (tertiary/aromatic N) is 1. The van der Waals surface area contributed by atoms with Gasteiger partial charge in [0.15, 0.2) is 0 Å². The van der Waals surface area contributed by atoms with E-state index in [-0.39, 0.29) is 0 Å². The van der Waals surface area contributed by atoms with Gasteiger partial charge < -0.3 is 9.64 Å². The van der Waals surface area contributed by atoms with Crippen molar-refractivity contribution in [3.8, 4) is 0 Å². The van der Waals surface area contributed by atoms with E-state index in [1.165, 1.54) is 135 Å². The Morgan fingerprint density at radius 2 is 0.889 bits per heavy atom. The lowest BCUT2D eigenvalue weighted by molar-refractivity contribution is 0.295. The summed E-state index contributed by atoms with van der Waals surface area (Å²) in [5.74, 6) is 0. The fraction of sp³-hybridized carbons (Fsp3) is 1.00. The van der Waals surface area contributed by atoms with Crippen LogP contribution < -0.4 is 0 Å². The van der Waals surface area contributed by atoms with Crippen molar-refractivity contribution < 1.29 is 4.74 Å². The van der Waals surface area contributed by atoms with Crippen LogP contribution in [0.3, 0.4) is 0 Å². The number of rotatable bonds is 22. The van der Waals surface area contributed by atoms with E-state index in [0.717, 1.165) is 6.61 Å². The highest BCUT2D eigenvalue weighted by molar-refractivity contribution is 4.68. The first-order chi connectivity index (χ1) is 13.4. The third-order valence-corrected chi connectivity index (χ3v) is 6.30. The van der Waals surface area contributed by atoms with Crippen molar-refractivity contribution in [2.24, 2.45) is 0 Å². The molecule has 0 amide bonds. The van der Waals surface area contributed by atoms with Crippen LogP contribution in [0.4, 0.5) is 0 Å². The molecule has 0 aliphatic carbocycles. The predicted molar refractivity (Wildman–Crippen MR) is 121 cm³/mol. The van der Waals surface area contributed by atoms with E-state index < -0.39 is 0 Å². The van der Waals surface area contributed by atoms with Crippen LogP contribution in [-0.2, 0) is 4.74 Å². The summed E-state index contributed by atoms with van der Waals surface area (Å²) in [5.41, 5.74) is 0. The zero-order valence-electron chi connectivity index (χ0n) is 19.0. The Morgan fingerprint density at radius 3 is 1.22 bits per heavy atom. The molecule has 0 N–H and O–H groups in total. The molecule has 1 fully saturated rings. The topological polar surface area (TPSA) is 15.8 Å². The highest BCUT2D eigenvalue weighted by atomic mass is 16.6. The molecule has 0 aromatic heterocycles. The van der Waals surface area contributed by atoms with E-state index in [0.29, 0.717) is 6.10 Å². The summed E-state index contributed by atoms with van der Waals surface area (Å²) in [6.07, 6.45) is 26.7. The molecule has 162 valence electrons. The van der Waals surface area contributed by atoms with Gasteiger partial charge >= 0.3 is 0 Å². The summed E-state index contributed by atoms with van der Waals surface area (Å²) in [5, 5.41) is 0. The molecule has 0 aromatic rings. The lowest BCUT2D eigenvalue weighted by Gasteiger charge is -2.17. The van der Waals surface area contributed by atoms with Crippen LogP contribution in [0, 0.1) is 0 Å². The van der Waals surface area contributed by atoms with Crippen molar-refractivity contribution in [2.45, 2.75) is 136 Å². The van der Waals surface area contributed by atoms with Crippen molar-refractivity contribution in [2.75, 3.05) is 26.2 Å². The molecule has 0 bridgehead atoms. The molecule has 27 heavy (non-hydrogen) atoms. The summed E-state index contributed by atoms with van der Waals surface area (Å²) in [6.45, 7) is 9.33. The second-order valence-corrected chi connectivity index (χ2v) is 8.78. The highest BCUT2D eigenvalue weighted by Crippen LogP contribution is 2.18. The van der Waals surface area contributed by atoms with Gasteiger partial charge in [-0.3, -0.25) is 0 Å². The third kappa shape index (κ3) is 17.7. The first kappa shape index (κ1) is 25.0. The minimum atomic E-state index is 0.646. The Bertz CT molecular complexity index is 286. The van der Waals surface area contributed by atoms with Crippen LogP contribution in [-0.4, -0.2) is 37.2 Å². The van der Waals surface area contributed by atoms with Gasteiger partial charge in [0.2, 0.25) is 0 Å². The molecule has 1 aliphatic rings. The Hall–Kier alpha value is -0.0800. The maximum atomic E-state index is 5.25. The van der Waals surface area contributed by atoms with Crippen LogP contribution in [0.1, 0.15) is 129 Å². The van der Waals surface area contributed by atoms with Gasteiger partial charge in [0.05, 0.1) is 12.7 Å².